The van der Waals surface area contributed by atoms with E-state index in [0.29, 0.717) is 12.1 Å². The van der Waals surface area contributed by atoms with Crippen molar-refractivity contribution in [3.63, 3.8) is 0 Å². The molecule has 0 radical (unpaired) electrons. The Kier molecular flexibility index (Phi) is 4.84. The van der Waals surface area contributed by atoms with Gasteiger partial charge in [-0.25, -0.2) is 0 Å². The van der Waals surface area contributed by atoms with Crippen LogP contribution in [0.25, 0.3) is 0 Å². The summed E-state index contributed by atoms with van der Waals surface area (Å²) >= 11 is 0. The highest BCUT2D eigenvalue weighted by molar-refractivity contribution is 6.42. The van der Waals surface area contributed by atoms with Gasteiger partial charge in [0, 0.05) is 18.7 Å². The third-order valence-electron chi connectivity index (χ3n) is 2.55. The lowest BCUT2D eigenvalue weighted by Gasteiger charge is -2.18. The lowest BCUT2D eigenvalue weighted by atomic mass is 10.1. The molecule has 1 N–H and O–H groups in total. The number of carbonyl (C=O) groups is 2. The van der Waals surface area contributed by atoms with Gasteiger partial charge in [0.05, 0.1) is 6.61 Å². The maximum Gasteiger partial charge on any atom is 0.295 e. The molecule has 1 rings (SSSR count). The van der Waals surface area contributed by atoms with Crippen molar-refractivity contribution >= 4 is 11.7 Å². The van der Waals surface area contributed by atoms with E-state index in [-0.39, 0.29) is 13.2 Å². The van der Waals surface area contributed by atoms with Gasteiger partial charge in [-0.3, -0.25) is 9.59 Å². The van der Waals surface area contributed by atoms with Crippen LogP contribution in [-0.2, 0) is 4.79 Å². The molecule has 4 nitrogen and oxygen atoms in total. The number of aliphatic hydroxyl groups excluding tert-OH is 1. The second-order valence-electron chi connectivity index (χ2n) is 3.80. The number of amides is 1. The first-order chi connectivity index (χ1) is 8.10. The maximum absolute atomic E-state index is 11.9. The van der Waals surface area contributed by atoms with Crippen molar-refractivity contribution in [2.75, 3.05) is 19.7 Å². The summed E-state index contributed by atoms with van der Waals surface area (Å²) in [4.78, 5) is 25.0. The van der Waals surface area contributed by atoms with Gasteiger partial charge in [0.1, 0.15) is 0 Å². The van der Waals surface area contributed by atoms with E-state index < -0.39 is 11.7 Å². The van der Waals surface area contributed by atoms with Crippen LogP contribution in [0, 0.1) is 6.92 Å². The average Bonchev–Trinajstić information content (AvgIpc) is 2.35. The second-order valence-corrected chi connectivity index (χ2v) is 3.80. The first-order valence-electron chi connectivity index (χ1n) is 5.61. The highest BCUT2D eigenvalue weighted by Gasteiger charge is 2.21. The van der Waals surface area contributed by atoms with Gasteiger partial charge in [0.15, 0.2) is 0 Å². The number of hydrogen-bond donors (Lipinski definition) is 1. The third-order valence-corrected chi connectivity index (χ3v) is 2.55. The zero-order valence-corrected chi connectivity index (χ0v) is 10.1. The molecule has 0 spiro atoms. The van der Waals surface area contributed by atoms with Crippen LogP contribution in [0.1, 0.15) is 22.8 Å². The molecule has 0 atom stereocenters. The standard InChI is InChI=1S/C13H17NO3/c1-3-14(8-9-15)13(17)12(16)11-6-4-10(2)5-7-11/h4-7,15H,3,8-9H2,1-2H3. The number of aryl methyl sites for hydroxylation is 1. The Hall–Kier alpha value is -1.68. The van der Waals surface area contributed by atoms with Crippen LogP contribution in [0.5, 0.6) is 0 Å². The second kappa shape index (κ2) is 6.15. The molecule has 0 aromatic heterocycles. The number of nitrogens with zero attached hydrogens (tertiary/aromatic N) is 1. The Balaban J connectivity index is 2.81. The minimum Gasteiger partial charge on any atom is -0.395 e. The van der Waals surface area contributed by atoms with Crippen molar-refractivity contribution in [1.29, 1.82) is 0 Å². The molecular formula is C13H17NO3. The van der Waals surface area contributed by atoms with Crippen molar-refractivity contribution in [2.45, 2.75) is 13.8 Å². The summed E-state index contributed by atoms with van der Waals surface area (Å²) in [7, 11) is 0. The number of hydrogen-bond acceptors (Lipinski definition) is 3. The maximum atomic E-state index is 11.9. The largest absolute Gasteiger partial charge is 0.395 e. The Morgan fingerprint density at radius 1 is 1.24 bits per heavy atom. The SMILES string of the molecule is CCN(CCO)C(=O)C(=O)c1ccc(C)cc1. The molecule has 0 aliphatic rings. The summed E-state index contributed by atoms with van der Waals surface area (Å²) in [5, 5.41) is 8.80. The van der Waals surface area contributed by atoms with Gasteiger partial charge in [0.25, 0.3) is 5.91 Å². The topological polar surface area (TPSA) is 57.6 Å². The van der Waals surface area contributed by atoms with E-state index in [1.165, 1.54) is 4.90 Å². The molecule has 0 fully saturated rings. The molecule has 0 heterocycles. The van der Waals surface area contributed by atoms with Crippen molar-refractivity contribution < 1.29 is 14.7 Å². The van der Waals surface area contributed by atoms with Gasteiger partial charge >= 0.3 is 0 Å². The monoisotopic (exact) mass is 235 g/mol. The Labute approximate surface area is 101 Å². The molecule has 0 unspecified atom stereocenters. The fraction of sp³-hybridized carbons (Fsp3) is 0.385. The summed E-state index contributed by atoms with van der Waals surface area (Å²) in [5.41, 5.74) is 1.42. The molecule has 0 saturated heterocycles. The number of rotatable bonds is 5. The quantitative estimate of drug-likeness (QED) is 0.612. The van der Waals surface area contributed by atoms with Crippen LogP contribution in [0.4, 0.5) is 0 Å². The number of benzene rings is 1. The first kappa shape index (κ1) is 13.4. The highest BCUT2D eigenvalue weighted by atomic mass is 16.3. The molecule has 17 heavy (non-hydrogen) atoms. The minimum absolute atomic E-state index is 0.138. The normalized spacial score (nSPS) is 10.1. The summed E-state index contributed by atoms with van der Waals surface area (Å²) in [6, 6.07) is 6.87. The highest BCUT2D eigenvalue weighted by Crippen LogP contribution is 2.06. The Morgan fingerprint density at radius 2 is 1.82 bits per heavy atom. The predicted octanol–water partition coefficient (Wildman–Crippen LogP) is 1.02. The smallest absolute Gasteiger partial charge is 0.295 e. The predicted molar refractivity (Wildman–Crippen MR) is 64.8 cm³/mol. The van der Waals surface area contributed by atoms with Crippen LogP contribution >= 0.6 is 0 Å². The van der Waals surface area contributed by atoms with Crippen LogP contribution in [0.3, 0.4) is 0 Å². The van der Waals surface area contributed by atoms with Gasteiger partial charge < -0.3 is 10.0 Å². The molecular weight excluding hydrogens is 218 g/mol. The van der Waals surface area contributed by atoms with Crippen LogP contribution < -0.4 is 0 Å². The molecule has 1 aromatic rings. The molecule has 4 heteroatoms. The molecule has 0 aliphatic carbocycles. The number of likely N-dealkylation sites (N-methyl/N-ethyl adjacent to an activating group) is 1. The summed E-state index contributed by atoms with van der Waals surface area (Å²) < 4.78 is 0. The number of Topliss-reactive ketones (excluding diaryl/α,β-unsaturated/α-hetero) is 1. The van der Waals surface area contributed by atoms with Crippen molar-refractivity contribution in [3.05, 3.63) is 35.4 Å². The fourth-order valence-electron chi connectivity index (χ4n) is 1.50. The van der Waals surface area contributed by atoms with E-state index in [9.17, 15) is 9.59 Å². The van der Waals surface area contributed by atoms with E-state index in [0.717, 1.165) is 5.56 Å². The molecule has 0 bridgehead atoms. The lowest BCUT2D eigenvalue weighted by Crippen LogP contribution is -2.38. The molecule has 92 valence electrons. The van der Waals surface area contributed by atoms with Gasteiger partial charge in [0.2, 0.25) is 5.78 Å². The van der Waals surface area contributed by atoms with Gasteiger partial charge in [-0.2, -0.15) is 0 Å². The number of carbonyl (C=O) groups excluding carboxylic acids is 2. The molecule has 0 aliphatic heterocycles. The molecule has 1 amide bonds. The van der Waals surface area contributed by atoms with Crippen molar-refractivity contribution in [3.8, 4) is 0 Å². The van der Waals surface area contributed by atoms with E-state index in [1.807, 2.05) is 6.92 Å². The number of aliphatic hydroxyl groups is 1. The zero-order valence-electron chi connectivity index (χ0n) is 10.1. The average molecular weight is 235 g/mol. The Morgan fingerprint density at radius 3 is 2.29 bits per heavy atom. The van der Waals surface area contributed by atoms with E-state index >= 15 is 0 Å². The zero-order chi connectivity index (χ0) is 12.8. The molecule has 0 saturated carbocycles. The molecule has 1 aromatic carbocycles. The first-order valence-corrected chi connectivity index (χ1v) is 5.61. The van der Waals surface area contributed by atoms with Crippen LogP contribution in [-0.4, -0.2) is 41.4 Å². The lowest BCUT2D eigenvalue weighted by molar-refractivity contribution is -0.126. The van der Waals surface area contributed by atoms with Gasteiger partial charge in [-0.1, -0.05) is 29.8 Å². The van der Waals surface area contributed by atoms with E-state index in [1.54, 1.807) is 31.2 Å². The van der Waals surface area contributed by atoms with E-state index in [4.69, 9.17) is 5.11 Å². The van der Waals surface area contributed by atoms with Crippen molar-refractivity contribution in [1.82, 2.24) is 4.90 Å². The Bertz CT molecular complexity index is 398. The summed E-state index contributed by atoms with van der Waals surface area (Å²) in [6.45, 7) is 4.15. The summed E-state index contributed by atoms with van der Waals surface area (Å²) in [5.74, 6) is -1.09. The van der Waals surface area contributed by atoms with Crippen molar-refractivity contribution in [2.24, 2.45) is 0 Å². The minimum atomic E-state index is -0.564. The van der Waals surface area contributed by atoms with E-state index in [2.05, 4.69) is 0 Å². The van der Waals surface area contributed by atoms with Crippen LogP contribution in [0.15, 0.2) is 24.3 Å². The summed E-state index contributed by atoms with van der Waals surface area (Å²) in [6.07, 6.45) is 0. The van der Waals surface area contributed by atoms with Gasteiger partial charge in [-0.15, -0.1) is 0 Å². The third kappa shape index (κ3) is 3.39. The fourth-order valence-corrected chi connectivity index (χ4v) is 1.50. The number of ketones is 1. The van der Waals surface area contributed by atoms with Gasteiger partial charge in [-0.05, 0) is 13.8 Å². The van der Waals surface area contributed by atoms with Crippen LogP contribution in [0.2, 0.25) is 0 Å².